The topological polar surface area (TPSA) is 93.9 Å². The molecule has 9 heteroatoms. The molecule has 0 fully saturated rings. The van der Waals surface area contributed by atoms with Gasteiger partial charge in [0.1, 0.15) is 0 Å². The normalized spacial score (nSPS) is 13.1. The summed E-state index contributed by atoms with van der Waals surface area (Å²) in [6, 6.07) is 11.1. The smallest absolute Gasteiger partial charge is 0.262 e. The number of fused-ring (bicyclic) bond motifs is 2. The van der Waals surface area contributed by atoms with Gasteiger partial charge in [0.25, 0.3) is 5.56 Å². The lowest BCUT2D eigenvalue weighted by Gasteiger charge is -2.29. The molecule has 2 heterocycles. The fourth-order valence-corrected chi connectivity index (χ4v) is 4.93. The predicted octanol–water partition coefficient (Wildman–Crippen LogP) is 2.47. The summed E-state index contributed by atoms with van der Waals surface area (Å²) in [5, 5.41) is 10.3. The van der Waals surface area contributed by atoms with Crippen LogP contribution in [-0.2, 0) is 24.3 Å². The molecule has 0 saturated heterocycles. The molecule has 0 atom stereocenters. The van der Waals surface area contributed by atoms with Crippen LogP contribution in [0.2, 0.25) is 0 Å². The van der Waals surface area contributed by atoms with Crippen molar-refractivity contribution in [3.8, 4) is 11.5 Å². The fourth-order valence-electron chi connectivity index (χ4n) is 4.00. The Bertz CT molecular complexity index is 1230. The van der Waals surface area contributed by atoms with E-state index in [-0.39, 0.29) is 23.8 Å². The van der Waals surface area contributed by atoms with Crippen LogP contribution in [0.15, 0.2) is 46.3 Å². The highest BCUT2D eigenvalue weighted by molar-refractivity contribution is 7.99. The lowest BCUT2D eigenvalue weighted by atomic mass is 9.99. The molecule has 1 aromatic heterocycles. The second kappa shape index (κ2) is 10.3. The maximum Gasteiger partial charge on any atom is 0.262 e. The van der Waals surface area contributed by atoms with Gasteiger partial charge in [0.2, 0.25) is 5.91 Å². The highest BCUT2D eigenvalue weighted by atomic mass is 32.2. The predicted molar refractivity (Wildman–Crippen MR) is 127 cm³/mol. The number of hydrogen-bond acceptors (Lipinski definition) is 7. The van der Waals surface area contributed by atoms with E-state index in [0.29, 0.717) is 53.6 Å². The van der Waals surface area contributed by atoms with Gasteiger partial charge in [0.05, 0.1) is 30.9 Å². The monoisotopic (exact) mass is 469 g/mol. The molecular weight excluding hydrogens is 442 g/mol. The first-order valence-electron chi connectivity index (χ1n) is 10.8. The van der Waals surface area contributed by atoms with Crippen molar-refractivity contribution in [1.82, 2.24) is 14.5 Å². The molecule has 8 nitrogen and oxygen atoms in total. The number of hydrogen-bond donors (Lipinski definition) is 1. The molecule has 33 heavy (non-hydrogen) atoms. The molecule has 0 saturated carbocycles. The maximum atomic E-state index is 13.0. The van der Waals surface area contributed by atoms with E-state index >= 15 is 0 Å². The molecule has 1 N–H and O–H groups in total. The third-order valence-electron chi connectivity index (χ3n) is 5.76. The summed E-state index contributed by atoms with van der Waals surface area (Å²) in [6.45, 7) is 1.44. The Morgan fingerprint density at radius 3 is 2.61 bits per heavy atom. The minimum Gasteiger partial charge on any atom is -0.493 e. The van der Waals surface area contributed by atoms with E-state index in [1.54, 1.807) is 37.0 Å². The summed E-state index contributed by atoms with van der Waals surface area (Å²) in [7, 11) is 3.21. The van der Waals surface area contributed by atoms with Gasteiger partial charge in [0, 0.05) is 26.2 Å². The molecule has 3 aromatic rings. The Labute approximate surface area is 196 Å². The minimum atomic E-state index is -0.156. The van der Waals surface area contributed by atoms with Gasteiger partial charge in [-0.25, -0.2) is 4.98 Å². The van der Waals surface area contributed by atoms with Gasteiger partial charge >= 0.3 is 0 Å². The van der Waals surface area contributed by atoms with Crippen LogP contribution in [0, 0.1) is 0 Å². The van der Waals surface area contributed by atoms with E-state index in [1.807, 2.05) is 23.1 Å². The Balaban J connectivity index is 1.52. The van der Waals surface area contributed by atoms with Crippen LogP contribution in [-0.4, -0.2) is 58.6 Å². The lowest BCUT2D eigenvalue weighted by Crippen LogP contribution is -2.37. The molecule has 1 aliphatic rings. The summed E-state index contributed by atoms with van der Waals surface area (Å²) in [5.41, 5.74) is 2.64. The standard InChI is InChI=1S/C24H27N3O5S/c1-31-20-12-16-8-10-26(14-17(16)13-21(20)32-2)22(29)15-33-24-25-19-7-4-3-6-18(19)23(30)27(24)9-5-11-28/h3-4,6-7,12-13,28H,5,8-11,14-15H2,1-2H3. The van der Waals surface area contributed by atoms with Crippen molar-refractivity contribution in [3.05, 3.63) is 57.9 Å². The molecule has 0 aliphatic carbocycles. The van der Waals surface area contributed by atoms with Gasteiger partial charge in [-0.3, -0.25) is 14.2 Å². The average Bonchev–Trinajstić information content (AvgIpc) is 2.85. The van der Waals surface area contributed by atoms with Crippen LogP contribution in [0.4, 0.5) is 0 Å². The van der Waals surface area contributed by atoms with Crippen molar-refractivity contribution in [2.45, 2.75) is 31.1 Å². The third kappa shape index (κ3) is 4.84. The van der Waals surface area contributed by atoms with Crippen LogP contribution in [0.3, 0.4) is 0 Å². The van der Waals surface area contributed by atoms with Crippen molar-refractivity contribution in [2.24, 2.45) is 0 Å². The van der Waals surface area contributed by atoms with E-state index in [2.05, 4.69) is 4.98 Å². The molecule has 0 unspecified atom stereocenters. The zero-order valence-corrected chi connectivity index (χ0v) is 19.6. The van der Waals surface area contributed by atoms with Crippen LogP contribution < -0.4 is 15.0 Å². The highest BCUT2D eigenvalue weighted by Crippen LogP contribution is 2.33. The number of carbonyl (C=O) groups is 1. The summed E-state index contributed by atoms with van der Waals surface area (Å²) in [6.07, 6.45) is 1.18. The van der Waals surface area contributed by atoms with Crippen molar-refractivity contribution in [1.29, 1.82) is 0 Å². The number of aromatic nitrogens is 2. The zero-order valence-electron chi connectivity index (χ0n) is 18.7. The van der Waals surface area contributed by atoms with Crippen molar-refractivity contribution in [3.63, 3.8) is 0 Å². The van der Waals surface area contributed by atoms with Gasteiger partial charge in [-0.2, -0.15) is 0 Å². The number of carbonyl (C=O) groups excluding carboxylic acids is 1. The van der Waals surface area contributed by atoms with Crippen LogP contribution in [0.5, 0.6) is 11.5 Å². The maximum absolute atomic E-state index is 13.0. The number of amides is 1. The Morgan fingerprint density at radius 2 is 1.88 bits per heavy atom. The van der Waals surface area contributed by atoms with Crippen LogP contribution >= 0.6 is 11.8 Å². The van der Waals surface area contributed by atoms with Gasteiger partial charge in [-0.1, -0.05) is 23.9 Å². The van der Waals surface area contributed by atoms with Gasteiger partial charge in [0.15, 0.2) is 16.7 Å². The van der Waals surface area contributed by atoms with Gasteiger partial charge < -0.3 is 19.5 Å². The molecule has 4 rings (SSSR count). The van der Waals surface area contributed by atoms with E-state index in [4.69, 9.17) is 9.47 Å². The Kier molecular flexibility index (Phi) is 7.20. The van der Waals surface area contributed by atoms with E-state index < -0.39 is 0 Å². The minimum absolute atomic E-state index is 0.0171. The molecule has 1 amide bonds. The van der Waals surface area contributed by atoms with Gasteiger partial charge in [-0.15, -0.1) is 0 Å². The molecule has 0 radical (unpaired) electrons. The number of ether oxygens (including phenoxy) is 2. The first-order valence-corrected chi connectivity index (χ1v) is 11.8. The number of thioether (sulfide) groups is 1. The first-order chi connectivity index (χ1) is 16.0. The van der Waals surface area contributed by atoms with Crippen molar-refractivity contribution < 1.29 is 19.4 Å². The molecule has 0 spiro atoms. The molecule has 2 aromatic carbocycles. The first kappa shape index (κ1) is 23.1. The molecule has 1 aliphatic heterocycles. The number of aliphatic hydroxyl groups is 1. The number of methoxy groups -OCH3 is 2. The highest BCUT2D eigenvalue weighted by Gasteiger charge is 2.23. The molecule has 174 valence electrons. The molecule has 0 bridgehead atoms. The zero-order chi connectivity index (χ0) is 23.4. The van der Waals surface area contributed by atoms with E-state index in [0.717, 1.165) is 17.5 Å². The largest absolute Gasteiger partial charge is 0.493 e. The second-order valence-corrected chi connectivity index (χ2v) is 8.72. The second-order valence-electron chi connectivity index (χ2n) is 7.78. The Morgan fingerprint density at radius 1 is 1.15 bits per heavy atom. The fraction of sp³-hybridized carbons (Fsp3) is 0.375. The number of aliphatic hydroxyl groups excluding tert-OH is 1. The summed E-state index contributed by atoms with van der Waals surface area (Å²) in [5.74, 6) is 1.49. The summed E-state index contributed by atoms with van der Waals surface area (Å²) >= 11 is 1.26. The number of benzene rings is 2. The number of rotatable bonds is 8. The van der Waals surface area contributed by atoms with Crippen molar-refractivity contribution >= 4 is 28.6 Å². The lowest BCUT2D eigenvalue weighted by molar-refractivity contribution is -0.129. The summed E-state index contributed by atoms with van der Waals surface area (Å²) < 4.78 is 12.3. The van der Waals surface area contributed by atoms with Crippen molar-refractivity contribution in [2.75, 3.05) is 33.1 Å². The number of nitrogens with zero attached hydrogens (tertiary/aromatic N) is 3. The van der Waals surface area contributed by atoms with Gasteiger partial charge in [-0.05, 0) is 48.2 Å². The van der Waals surface area contributed by atoms with E-state index in [1.165, 1.54) is 11.8 Å². The van der Waals surface area contributed by atoms with E-state index in [9.17, 15) is 14.7 Å². The van der Waals surface area contributed by atoms with Crippen LogP contribution in [0.1, 0.15) is 17.5 Å². The summed E-state index contributed by atoms with van der Waals surface area (Å²) in [4.78, 5) is 32.4. The average molecular weight is 470 g/mol. The third-order valence-corrected chi connectivity index (χ3v) is 6.72. The Hall–Kier alpha value is -3.04. The molecular formula is C24H27N3O5S. The van der Waals surface area contributed by atoms with Crippen LogP contribution in [0.25, 0.3) is 10.9 Å². The number of para-hydroxylation sites is 1. The quantitative estimate of drug-likeness (QED) is 0.400. The SMILES string of the molecule is COc1cc2c(cc1OC)CN(C(=O)CSc1nc3ccccc3c(=O)n1CCCO)CC2.